The quantitative estimate of drug-likeness (QED) is 0.677. The van der Waals surface area contributed by atoms with Gasteiger partial charge in [-0.05, 0) is 24.1 Å². The fraction of sp³-hybridized carbons (Fsp3) is 0.300. The number of benzene rings is 2. The minimum absolute atomic E-state index is 0.0140. The number of nitrogens with two attached hydrogens (primary N) is 1. The third-order valence-electron chi connectivity index (χ3n) is 3.86. The molecule has 4 N–H and O–H groups in total. The number of nitrogens with one attached hydrogen (secondary N) is 2. The van der Waals surface area contributed by atoms with Crippen molar-refractivity contribution in [3.63, 3.8) is 0 Å². The van der Waals surface area contributed by atoms with E-state index in [4.69, 9.17) is 10.5 Å². The molecule has 26 heavy (non-hydrogen) atoms. The molecule has 0 bridgehead atoms. The molecule has 0 spiro atoms. The highest BCUT2D eigenvalue weighted by atomic mass is 16.5. The molecule has 0 fully saturated rings. The summed E-state index contributed by atoms with van der Waals surface area (Å²) in [7, 11) is 0. The molecule has 0 aliphatic carbocycles. The van der Waals surface area contributed by atoms with Crippen molar-refractivity contribution in [1.82, 2.24) is 10.6 Å². The SMILES string of the molecule is CC(C)[C@H](N)C(=O)NCC(=O)NCc1ccccc1Oc1ccccc1. The predicted molar refractivity (Wildman–Crippen MR) is 101 cm³/mol. The molecule has 6 heteroatoms. The van der Waals surface area contributed by atoms with E-state index in [-0.39, 0.29) is 24.3 Å². The van der Waals surface area contributed by atoms with Crippen molar-refractivity contribution in [2.45, 2.75) is 26.4 Å². The Morgan fingerprint density at radius 2 is 1.65 bits per heavy atom. The maximum absolute atomic E-state index is 12.0. The summed E-state index contributed by atoms with van der Waals surface area (Å²) in [5.41, 5.74) is 6.59. The molecule has 0 aromatic heterocycles. The van der Waals surface area contributed by atoms with Crippen LogP contribution in [0.15, 0.2) is 54.6 Å². The summed E-state index contributed by atoms with van der Waals surface area (Å²) >= 11 is 0. The monoisotopic (exact) mass is 355 g/mol. The van der Waals surface area contributed by atoms with Crippen LogP contribution in [0.5, 0.6) is 11.5 Å². The smallest absolute Gasteiger partial charge is 0.239 e. The van der Waals surface area contributed by atoms with E-state index in [0.29, 0.717) is 12.3 Å². The van der Waals surface area contributed by atoms with Gasteiger partial charge in [0.05, 0.1) is 12.6 Å². The first kappa shape index (κ1) is 19.5. The number of hydrogen-bond acceptors (Lipinski definition) is 4. The molecule has 138 valence electrons. The van der Waals surface area contributed by atoms with Crippen LogP contribution in [0, 0.1) is 5.92 Å². The maximum atomic E-state index is 12.0. The lowest BCUT2D eigenvalue weighted by Crippen LogP contribution is -2.47. The summed E-state index contributed by atoms with van der Waals surface area (Å²) in [6.07, 6.45) is 0. The Kier molecular flexibility index (Phi) is 7.17. The number of ether oxygens (including phenoxy) is 1. The summed E-state index contributed by atoms with van der Waals surface area (Å²) < 4.78 is 5.86. The van der Waals surface area contributed by atoms with E-state index in [1.165, 1.54) is 0 Å². The Morgan fingerprint density at radius 3 is 2.35 bits per heavy atom. The highest BCUT2D eigenvalue weighted by Gasteiger charge is 2.17. The predicted octanol–water partition coefficient (Wildman–Crippen LogP) is 2.19. The summed E-state index contributed by atoms with van der Waals surface area (Å²) in [6, 6.07) is 16.3. The minimum Gasteiger partial charge on any atom is -0.457 e. The van der Waals surface area contributed by atoms with Gasteiger partial charge in [-0.15, -0.1) is 0 Å². The molecule has 0 saturated carbocycles. The molecule has 0 heterocycles. The van der Waals surface area contributed by atoms with Crippen molar-refractivity contribution in [3.05, 3.63) is 60.2 Å². The average Bonchev–Trinajstić information content (AvgIpc) is 2.65. The molecular formula is C20H25N3O3. The third-order valence-corrected chi connectivity index (χ3v) is 3.86. The van der Waals surface area contributed by atoms with Gasteiger partial charge in [0.2, 0.25) is 11.8 Å². The van der Waals surface area contributed by atoms with E-state index in [1.807, 2.05) is 68.4 Å². The average molecular weight is 355 g/mol. The van der Waals surface area contributed by atoms with Gasteiger partial charge in [-0.2, -0.15) is 0 Å². The summed E-state index contributed by atoms with van der Waals surface area (Å²) in [6.45, 7) is 3.90. The first-order valence-corrected chi connectivity index (χ1v) is 8.58. The third kappa shape index (κ3) is 5.89. The van der Waals surface area contributed by atoms with Gasteiger partial charge in [0.25, 0.3) is 0 Å². The Balaban J connectivity index is 1.87. The van der Waals surface area contributed by atoms with E-state index in [2.05, 4.69) is 10.6 Å². The molecule has 2 rings (SSSR count). The largest absolute Gasteiger partial charge is 0.457 e. The van der Waals surface area contributed by atoms with Gasteiger partial charge < -0.3 is 21.1 Å². The van der Waals surface area contributed by atoms with Gasteiger partial charge in [-0.3, -0.25) is 9.59 Å². The van der Waals surface area contributed by atoms with Gasteiger partial charge in [-0.1, -0.05) is 50.2 Å². The molecule has 0 saturated heterocycles. The van der Waals surface area contributed by atoms with Crippen LogP contribution in [-0.4, -0.2) is 24.4 Å². The standard InChI is InChI=1S/C20H25N3O3/c1-14(2)19(21)20(25)23-13-18(24)22-12-15-8-6-7-11-17(15)26-16-9-4-3-5-10-16/h3-11,14,19H,12-13,21H2,1-2H3,(H,22,24)(H,23,25)/t19-/m0/s1. The van der Waals surface area contributed by atoms with Crippen molar-refractivity contribution in [2.75, 3.05) is 6.54 Å². The summed E-state index contributed by atoms with van der Waals surface area (Å²) in [4.78, 5) is 23.8. The molecule has 2 aromatic carbocycles. The Hall–Kier alpha value is -2.86. The number of carbonyl (C=O) groups excluding carboxylic acids is 2. The van der Waals surface area contributed by atoms with Crippen LogP contribution in [0.4, 0.5) is 0 Å². The lowest BCUT2D eigenvalue weighted by Gasteiger charge is -2.15. The van der Waals surface area contributed by atoms with Gasteiger partial charge >= 0.3 is 0 Å². The second-order valence-corrected chi connectivity index (χ2v) is 6.29. The van der Waals surface area contributed by atoms with Crippen LogP contribution in [0.2, 0.25) is 0 Å². The van der Waals surface area contributed by atoms with Crippen molar-refractivity contribution < 1.29 is 14.3 Å². The summed E-state index contributed by atoms with van der Waals surface area (Å²) in [5, 5.41) is 5.32. The van der Waals surface area contributed by atoms with Crippen molar-refractivity contribution >= 4 is 11.8 Å². The highest BCUT2D eigenvalue weighted by Crippen LogP contribution is 2.24. The number of hydrogen-bond donors (Lipinski definition) is 3. The van der Waals surface area contributed by atoms with E-state index in [0.717, 1.165) is 11.3 Å². The van der Waals surface area contributed by atoms with E-state index in [1.54, 1.807) is 0 Å². The molecule has 0 aliphatic heterocycles. The summed E-state index contributed by atoms with van der Waals surface area (Å²) in [5.74, 6) is 0.790. The number of carbonyl (C=O) groups is 2. The van der Waals surface area contributed by atoms with Gasteiger partial charge in [0, 0.05) is 12.1 Å². The van der Waals surface area contributed by atoms with Gasteiger partial charge in [0.1, 0.15) is 11.5 Å². The molecular weight excluding hydrogens is 330 g/mol. The molecule has 1 atom stereocenters. The zero-order chi connectivity index (χ0) is 18.9. The van der Waals surface area contributed by atoms with E-state index >= 15 is 0 Å². The maximum Gasteiger partial charge on any atom is 0.239 e. The Morgan fingerprint density at radius 1 is 1.00 bits per heavy atom. The lowest BCUT2D eigenvalue weighted by molar-refractivity contribution is -0.127. The van der Waals surface area contributed by atoms with Crippen molar-refractivity contribution in [1.29, 1.82) is 0 Å². The van der Waals surface area contributed by atoms with Crippen LogP contribution < -0.4 is 21.1 Å². The van der Waals surface area contributed by atoms with Crippen LogP contribution in [0.25, 0.3) is 0 Å². The Bertz CT molecular complexity index is 732. The zero-order valence-electron chi connectivity index (χ0n) is 15.1. The van der Waals surface area contributed by atoms with E-state index < -0.39 is 6.04 Å². The lowest BCUT2D eigenvalue weighted by atomic mass is 10.1. The molecule has 0 radical (unpaired) electrons. The first-order valence-electron chi connectivity index (χ1n) is 8.58. The molecule has 2 aromatic rings. The fourth-order valence-corrected chi connectivity index (χ4v) is 2.21. The minimum atomic E-state index is -0.622. The first-order chi connectivity index (χ1) is 12.5. The number of amides is 2. The second kappa shape index (κ2) is 9.58. The Labute approximate surface area is 153 Å². The number of para-hydroxylation sites is 2. The molecule has 0 aliphatic rings. The zero-order valence-corrected chi connectivity index (χ0v) is 15.1. The highest BCUT2D eigenvalue weighted by molar-refractivity contribution is 5.87. The van der Waals surface area contributed by atoms with Crippen LogP contribution in [-0.2, 0) is 16.1 Å². The van der Waals surface area contributed by atoms with Gasteiger partial charge in [0.15, 0.2) is 0 Å². The van der Waals surface area contributed by atoms with Crippen LogP contribution in [0.3, 0.4) is 0 Å². The molecule has 6 nitrogen and oxygen atoms in total. The normalized spacial score (nSPS) is 11.7. The fourth-order valence-electron chi connectivity index (χ4n) is 2.21. The topological polar surface area (TPSA) is 93.5 Å². The van der Waals surface area contributed by atoms with Crippen molar-refractivity contribution in [2.24, 2.45) is 11.7 Å². The van der Waals surface area contributed by atoms with Crippen molar-refractivity contribution in [3.8, 4) is 11.5 Å². The second-order valence-electron chi connectivity index (χ2n) is 6.29. The molecule has 2 amide bonds. The molecule has 0 unspecified atom stereocenters. The van der Waals surface area contributed by atoms with Crippen LogP contribution >= 0.6 is 0 Å². The van der Waals surface area contributed by atoms with Gasteiger partial charge in [-0.25, -0.2) is 0 Å². The van der Waals surface area contributed by atoms with E-state index in [9.17, 15) is 9.59 Å². The van der Waals surface area contributed by atoms with Crippen LogP contribution in [0.1, 0.15) is 19.4 Å². The number of rotatable bonds is 8.